The van der Waals surface area contributed by atoms with Crippen molar-refractivity contribution in [3.8, 4) is 0 Å². The lowest BCUT2D eigenvalue weighted by Gasteiger charge is -2.32. The summed E-state index contributed by atoms with van der Waals surface area (Å²) in [5.41, 5.74) is 2.02. The molecule has 1 aliphatic rings. The number of nitrogens with one attached hydrogen (secondary N) is 1. The van der Waals surface area contributed by atoms with E-state index in [1.807, 2.05) is 0 Å². The summed E-state index contributed by atoms with van der Waals surface area (Å²) in [6, 6.07) is 2.74. The van der Waals surface area contributed by atoms with Crippen molar-refractivity contribution in [3.05, 3.63) is 22.4 Å². The van der Waals surface area contributed by atoms with Crippen LogP contribution in [0.5, 0.6) is 0 Å². The van der Waals surface area contributed by atoms with E-state index in [0.29, 0.717) is 11.5 Å². The molecule has 0 amide bonds. The third-order valence-corrected chi connectivity index (χ3v) is 5.03. The van der Waals surface area contributed by atoms with E-state index in [-0.39, 0.29) is 0 Å². The molecule has 1 aromatic rings. The van der Waals surface area contributed by atoms with Gasteiger partial charge in [-0.15, -0.1) is 0 Å². The van der Waals surface area contributed by atoms with Gasteiger partial charge in [-0.3, -0.25) is 0 Å². The van der Waals surface area contributed by atoms with Gasteiger partial charge in [-0.1, -0.05) is 26.7 Å². The van der Waals surface area contributed by atoms with Gasteiger partial charge in [0.1, 0.15) is 0 Å². The molecule has 0 spiro atoms. The first-order chi connectivity index (χ1) is 8.61. The van der Waals surface area contributed by atoms with Crippen LogP contribution in [-0.4, -0.2) is 6.54 Å². The van der Waals surface area contributed by atoms with Crippen LogP contribution in [0, 0.1) is 11.3 Å². The SMILES string of the molecule is CC(C)CC1(CNC(C)c2ccsc2)CCCC1. The van der Waals surface area contributed by atoms with Crippen LogP contribution in [0.2, 0.25) is 0 Å². The van der Waals surface area contributed by atoms with E-state index < -0.39 is 0 Å². The fourth-order valence-electron chi connectivity index (χ4n) is 3.45. The fraction of sp³-hybridized carbons (Fsp3) is 0.750. The highest BCUT2D eigenvalue weighted by atomic mass is 32.1. The zero-order valence-electron chi connectivity index (χ0n) is 12.0. The third kappa shape index (κ3) is 3.58. The Morgan fingerprint density at radius 2 is 2.00 bits per heavy atom. The maximum absolute atomic E-state index is 3.78. The summed E-state index contributed by atoms with van der Waals surface area (Å²) >= 11 is 1.80. The molecule has 1 nitrogen and oxygen atoms in total. The Morgan fingerprint density at radius 1 is 1.28 bits per heavy atom. The lowest BCUT2D eigenvalue weighted by Crippen LogP contribution is -2.34. The fourth-order valence-corrected chi connectivity index (χ4v) is 4.21. The van der Waals surface area contributed by atoms with E-state index >= 15 is 0 Å². The van der Waals surface area contributed by atoms with Crippen molar-refractivity contribution in [1.82, 2.24) is 5.32 Å². The van der Waals surface area contributed by atoms with Crippen LogP contribution in [-0.2, 0) is 0 Å². The second-order valence-electron chi connectivity index (χ2n) is 6.46. The summed E-state index contributed by atoms with van der Waals surface area (Å²) in [6.07, 6.45) is 7.10. The van der Waals surface area contributed by atoms with Crippen LogP contribution in [0.25, 0.3) is 0 Å². The molecule has 1 fully saturated rings. The number of hydrogen-bond acceptors (Lipinski definition) is 2. The molecule has 1 aromatic heterocycles. The first-order valence-corrected chi connectivity index (χ1v) is 8.31. The van der Waals surface area contributed by atoms with E-state index in [9.17, 15) is 0 Å². The van der Waals surface area contributed by atoms with Gasteiger partial charge in [-0.25, -0.2) is 0 Å². The van der Waals surface area contributed by atoms with Gasteiger partial charge >= 0.3 is 0 Å². The lowest BCUT2D eigenvalue weighted by atomic mass is 9.78. The van der Waals surface area contributed by atoms with Crippen molar-refractivity contribution < 1.29 is 0 Å². The first-order valence-electron chi connectivity index (χ1n) is 7.37. The maximum Gasteiger partial charge on any atom is 0.0300 e. The molecule has 1 aliphatic carbocycles. The Balaban J connectivity index is 1.90. The van der Waals surface area contributed by atoms with E-state index in [4.69, 9.17) is 0 Å². The van der Waals surface area contributed by atoms with Gasteiger partial charge in [-0.2, -0.15) is 11.3 Å². The van der Waals surface area contributed by atoms with Gasteiger partial charge < -0.3 is 5.32 Å². The summed E-state index contributed by atoms with van der Waals surface area (Å²) < 4.78 is 0. The largest absolute Gasteiger partial charge is 0.310 e. The quantitative estimate of drug-likeness (QED) is 0.762. The molecule has 1 N–H and O–H groups in total. The average molecular weight is 265 g/mol. The Bertz CT molecular complexity index is 336. The van der Waals surface area contributed by atoms with Gasteiger partial charge in [0.15, 0.2) is 0 Å². The standard InChI is InChI=1S/C16H27NS/c1-13(2)10-16(7-4-5-8-16)12-17-14(3)15-6-9-18-11-15/h6,9,11,13-14,17H,4-5,7-8,10,12H2,1-3H3. The van der Waals surface area contributed by atoms with Crippen LogP contribution in [0.3, 0.4) is 0 Å². The Hall–Kier alpha value is -0.340. The second kappa shape index (κ2) is 6.21. The molecule has 0 radical (unpaired) electrons. The van der Waals surface area contributed by atoms with Crippen LogP contribution in [0.15, 0.2) is 16.8 Å². The molecule has 1 atom stereocenters. The van der Waals surface area contributed by atoms with E-state index in [1.165, 1.54) is 44.2 Å². The molecule has 0 bridgehead atoms. The van der Waals surface area contributed by atoms with Crippen LogP contribution in [0.1, 0.15) is 64.5 Å². The highest BCUT2D eigenvalue weighted by Crippen LogP contribution is 2.43. The minimum Gasteiger partial charge on any atom is -0.310 e. The zero-order chi connectivity index (χ0) is 13.0. The van der Waals surface area contributed by atoms with E-state index in [0.717, 1.165) is 5.92 Å². The molecular formula is C16H27NS. The maximum atomic E-state index is 3.78. The van der Waals surface area contributed by atoms with Crippen molar-refractivity contribution in [1.29, 1.82) is 0 Å². The average Bonchev–Trinajstić information content (AvgIpc) is 2.96. The summed E-state index contributed by atoms with van der Waals surface area (Å²) in [5.74, 6) is 0.821. The summed E-state index contributed by atoms with van der Waals surface area (Å²) in [4.78, 5) is 0. The molecule has 0 aromatic carbocycles. The summed E-state index contributed by atoms with van der Waals surface area (Å²) in [5, 5.41) is 8.22. The highest BCUT2D eigenvalue weighted by Gasteiger charge is 2.34. The number of hydrogen-bond donors (Lipinski definition) is 1. The van der Waals surface area contributed by atoms with Crippen LogP contribution >= 0.6 is 11.3 Å². The van der Waals surface area contributed by atoms with Gasteiger partial charge in [0.2, 0.25) is 0 Å². The topological polar surface area (TPSA) is 12.0 Å². The van der Waals surface area contributed by atoms with Crippen LogP contribution < -0.4 is 5.32 Å². The second-order valence-corrected chi connectivity index (χ2v) is 7.24. The molecule has 1 saturated carbocycles. The molecule has 0 saturated heterocycles. The van der Waals surface area contributed by atoms with Crippen molar-refractivity contribution in [2.24, 2.45) is 11.3 Å². The molecule has 1 unspecified atom stereocenters. The molecule has 2 rings (SSSR count). The van der Waals surface area contributed by atoms with Gasteiger partial charge in [0.25, 0.3) is 0 Å². The predicted molar refractivity (Wildman–Crippen MR) is 81.1 cm³/mol. The van der Waals surface area contributed by atoms with Gasteiger partial charge in [0.05, 0.1) is 0 Å². The molecule has 1 heterocycles. The molecular weight excluding hydrogens is 238 g/mol. The summed E-state index contributed by atoms with van der Waals surface area (Å²) in [6.45, 7) is 8.22. The highest BCUT2D eigenvalue weighted by molar-refractivity contribution is 7.07. The van der Waals surface area contributed by atoms with Crippen molar-refractivity contribution in [2.45, 2.75) is 58.9 Å². The monoisotopic (exact) mass is 265 g/mol. The lowest BCUT2D eigenvalue weighted by molar-refractivity contribution is 0.217. The van der Waals surface area contributed by atoms with E-state index in [2.05, 4.69) is 42.9 Å². The number of thiophene rings is 1. The van der Waals surface area contributed by atoms with Gasteiger partial charge in [-0.05, 0) is 59.9 Å². The molecule has 18 heavy (non-hydrogen) atoms. The number of rotatable bonds is 6. The first kappa shape index (κ1) is 14.1. The zero-order valence-corrected chi connectivity index (χ0v) is 12.9. The van der Waals surface area contributed by atoms with E-state index in [1.54, 1.807) is 11.3 Å². The van der Waals surface area contributed by atoms with Crippen molar-refractivity contribution in [3.63, 3.8) is 0 Å². The minimum absolute atomic E-state index is 0.501. The minimum atomic E-state index is 0.501. The Kier molecular flexibility index (Phi) is 4.85. The van der Waals surface area contributed by atoms with Crippen LogP contribution in [0.4, 0.5) is 0 Å². The Labute approximate surface area is 116 Å². The normalized spacial score (nSPS) is 20.4. The predicted octanol–water partition coefficient (Wildman–Crippen LogP) is 5.01. The third-order valence-electron chi connectivity index (χ3n) is 4.33. The molecule has 2 heteroatoms. The molecule has 0 aliphatic heterocycles. The molecule has 102 valence electrons. The smallest absolute Gasteiger partial charge is 0.0300 e. The summed E-state index contributed by atoms with van der Waals surface area (Å²) in [7, 11) is 0. The van der Waals surface area contributed by atoms with Gasteiger partial charge in [0, 0.05) is 12.6 Å². The Morgan fingerprint density at radius 3 is 2.56 bits per heavy atom. The van der Waals surface area contributed by atoms with Crippen molar-refractivity contribution in [2.75, 3.05) is 6.54 Å². The van der Waals surface area contributed by atoms with Crippen molar-refractivity contribution >= 4 is 11.3 Å².